The Morgan fingerprint density at radius 3 is 2.88 bits per heavy atom. The summed E-state index contributed by atoms with van der Waals surface area (Å²) in [6.07, 6.45) is 3.79. The van der Waals surface area contributed by atoms with Gasteiger partial charge in [0, 0.05) is 6.20 Å². The number of hydrogen-bond donors (Lipinski definition) is 2. The number of hydrogen-bond acceptors (Lipinski definition) is 4. The van der Waals surface area contributed by atoms with Gasteiger partial charge in [-0.1, -0.05) is 6.08 Å². The molecule has 2 rings (SSSR count). The quantitative estimate of drug-likeness (QED) is 0.569. The lowest BCUT2D eigenvalue weighted by atomic mass is 10.4. The maximum Gasteiger partial charge on any atom is 0.330 e. The Hall–Kier alpha value is -0.930. The van der Waals surface area contributed by atoms with E-state index < -0.39 is 23.6 Å². The molecule has 2 N–H and O–H groups in total. The minimum atomic E-state index is -0.574. The van der Waals surface area contributed by atoms with E-state index in [-0.39, 0.29) is 6.61 Å². The molecule has 0 aromatic carbocycles. The van der Waals surface area contributed by atoms with Gasteiger partial charge in [0.25, 0.3) is 5.56 Å². The molecule has 0 saturated carbocycles. The molecule has 0 saturated heterocycles. The van der Waals surface area contributed by atoms with Crippen molar-refractivity contribution in [1.29, 1.82) is 0 Å². The van der Waals surface area contributed by atoms with Crippen LogP contribution in [0, 0.1) is 3.57 Å². The van der Waals surface area contributed by atoms with E-state index in [1.54, 1.807) is 12.2 Å². The number of nitrogens with one attached hydrogen (secondary N) is 1. The first-order chi connectivity index (χ1) is 7.61. The molecule has 1 aromatic heterocycles. The highest BCUT2D eigenvalue weighted by Crippen LogP contribution is 2.18. The van der Waals surface area contributed by atoms with Crippen LogP contribution in [0.5, 0.6) is 0 Å². The van der Waals surface area contributed by atoms with Crippen molar-refractivity contribution >= 4 is 22.6 Å². The van der Waals surface area contributed by atoms with Crippen molar-refractivity contribution in [1.82, 2.24) is 9.55 Å². The summed E-state index contributed by atoms with van der Waals surface area (Å²) >= 11 is 1.84. The van der Waals surface area contributed by atoms with Crippen LogP contribution in [0.25, 0.3) is 0 Å². The van der Waals surface area contributed by atoms with Crippen LogP contribution in [0.15, 0.2) is 27.9 Å². The van der Waals surface area contributed by atoms with Gasteiger partial charge in [-0.25, -0.2) is 4.79 Å². The van der Waals surface area contributed by atoms with Gasteiger partial charge in [0.05, 0.1) is 10.2 Å². The van der Waals surface area contributed by atoms with E-state index >= 15 is 0 Å². The fourth-order valence-corrected chi connectivity index (χ4v) is 1.84. The molecule has 2 atom stereocenters. The van der Waals surface area contributed by atoms with E-state index in [1.165, 1.54) is 10.8 Å². The number of H-pyrrole nitrogens is 1. The van der Waals surface area contributed by atoms with Crippen molar-refractivity contribution in [2.75, 3.05) is 6.61 Å². The number of nitrogens with zero attached hydrogens (tertiary/aromatic N) is 1. The maximum absolute atomic E-state index is 11.5. The van der Waals surface area contributed by atoms with Crippen molar-refractivity contribution in [3.63, 3.8) is 0 Å². The predicted molar refractivity (Wildman–Crippen MR) is 64.2 cm³/mol. The molecule has 2 heterocycles. The summed E-state index contributed by atoms with van der Waals surface area (Å²) in [6, 6.07) is 0. The van der Waals surface area contributed by atoms with Crippen LogP contribution in [0.4, 0.5) is 0 Å². The lowest BCUT2D eigenvalue weighted by Crippen LogP contribution is -2.33. The third kappa shape index (κ3) is 2.11. The average molecular weight is 333 g/mol. The largest absolute Gasteiger partial charge is 0.393 e. The summed E-state index contributed by atoms with van der Waals surface area (Å²) in [6.45, 7) is -0.137. The standard InChI is InChI=1S/C9H9IN2O4/c10-6-3-12(9(15)11-8(6)14)7-2-1-5(4-13)16-7/h1-3,5,7,13H,4H2,(H,11,14,15)/t5-,7?/m0/s1/i10-3. The third-order valence-corrected chi connectivity index (χ3v) is 2.95. The Bertz CT molecular complexity index is 533. The molecule has 1 aliphatic heterocycles. The summed E-state index contributed by atoms with van der Waals surface area (Å²) in [4.78, 5) is 24.8. The zero-order valence-corrected chi connectivity index (χ0v) is 10.2. The fourth-order valence-electron chi connectivity index (χ4n) is 1.40. The smallest absolute Gasteiger partial charge is 0.330 e. The zero-order chi connectivity index (χ0) is 11.7. The average Bonchev–Trinajstić information content (AvgIpc) is 2.71. The topological polar surface area (TPSA) is 84.3 Å². The second-order valence-corrected chi connectivity index (χ2v) is 4.44. The van der Waals surface area contributed by atoms with Crippen LogP contribution in [0.2, 0.25) is 0 Å². The van der Waals surface area contributed by atoms with Crippen molar-refractivity contribution < 1.29 is 9.84 Å². The van der Waals surface area contributed by atoms with Crippen LogP contribution in [-0.4, -0.2) is 27.4 Å². The molecule has 1 aromatic rings. The van der Waals surface area contributed by atoms with Crippen LogP contribution >= 0.6 is 22.6 Å². The summed E-state index contributed by atoms with van der Waals surface area (Å²) in [5.74, 6) is 0. The molecule has 0 spiro atoms. The minimum Gasteiger partial charge on any atom is -0.393 e. The van der Waals surface area contributed by atoms with Crippen LogP contribution in [-0.2, 0) is 4.74 Å². The second kappa shape index (κ2) is 4.52. The number of ether oxygens (including phenoxy) is 1. The van der Waals surface area contributed by atoms with Crippen molar-refractivity contribution in [2.24, 2.45) is 0 Å². The Kier molecular flexibility index (Phi) is 3.26. The SMILES string of the molecule is O=c1[nH]c(=O)n(C2C=C[C@@H](CO)O2)cc1[124I]. The Morgan fingerprint density at radius 1 is 1.50 bits per heavy atom. The highest BCUT2D eigenvalue weighted by molar-refractivity contribution is 14.1. The molecule has 7 heteroatoms. The van der Waals surface area contributed by atoms with Crippen molar-refractivity contribution in [3.05, 3.63) is 42.8 Å². The lowest BCUT2D eigenvalue weighted by molar-refractivity contribution is -0.0104. The first kappa shape index (κ1) is 11.6. The van der Waals surface area contributed by atoms with Crippen molar-refractivity contribution in [3.8, 4) is 0 Å². The fraction of sp³-hybridized carbons (Fsp3) is 0.333. The molecular formula is C9H9IN2O4. The molecule has 1 aliphatic rings. The lowest BCUT2D eigenvalue weighted by Gasteiger charge is -2.14. The molecule has 0 amide bonds. The van der Waals surface area contributed by atoms with E-state index in [2.05, 4.69) is 4.98 Å². The van der Waals surface area contributed by atoms with Gasteiger partial charge in [0.2, 0.25) is 0 Å². The number of halogens is 1. The normalized spacial score (nSPS) is 23.9. The van der Waals surface area contributed by atoms with Gasteiger partial charge in [0.1, 0.15) is 6.10 Å². The van der Waals surface area contributed by atoms with Gasteiger partial charge in [-0.2, -0.15) is 0 Å². The highest BCUT2D eigenvalue weighted by atomic mass is 124. The minimum absolute atomic E-state index is 0.137. The van der Waals surface area contributed by atoms with Crippen LogP contribution in [0.1, 0.15) is 6.23 Å². The number of aromatic amines is 1. The highest BCUT2D eigenvalue weighted by Gasteiger charge is 2.21. The monoisotopic (exact) mass is 333 g/mol. The number of aliphatic hydroxyl groups is 1. The first-order valence-corrected chi connectivity index (χ1v) is 5.65. The predicted octanol–water partition coefficient (Wildman–Crippen LogP) is -0.413. The van der Waals surface area contributed by atoms with Gasteiger partial charge in [-0.15, -0.1) is 0 Å². The number of rotatable bonds is 2. The van der Waals surface area contributed by atoms with E-state index in [0.717, 1.165) is 0 Å². The Morgan fingerprint density at radius 2 is 2.25 bits per heavy atom. The number of aliphatic hydroxyl groups excluding tert-OH is 1. The first-order valence-electron chi connectivity index (χ1n) is 4.57. The molecule has 0 bridgehead atoms. The van der Waals surface area contributed by atoms with Gasteiger partial charge < -0.3 is 9.84 Å². The molecule has 6 nitrogen and oxygen atoms in total. The van der Waals surface area contributed by atoms with E-state index in [0.29, 0.717) is 3.57 Å². The summed E-state index contributed by atoms with van der Waals surface area (Å²) in [7, 11) is 0. The Labute approximate surface area is 104 Å². The van der Waals surface area contributed by atoms with E-state index in [1.807, 2.05) is 22.6 Å². The molecule has 1 unspecified atom stereocenters. The van der Waals surface area contributed by atoms with Gasteiger partial charge in [-0.05, 0) is 28.7 Å². The van der Waals surface area contributed by atoms with Crippen molar-refractivity contribution in [2.45, 2.75) is 12.3 Å². The summed E-state index contributed by atoms with van der Waals surface area (Å²) < 4.78 is 7.03. The van der Waals surface area contributed by atoms with E-state index in [9.17, 15) is 9.59 Å². The molecule has 86 valence electrons. The Balaban J connectivity index is 2.36. The molecule has 0 aliphatic carbocycles. The maximum atomic E-state index is 11.5. The molecule has 0 fully saturated rings. The molecule has 16 heavy (non-hydrogen) atoms. The summed E-state index contributed by atoms with van der Waals surface area (Å²) in [5, 5.41) is 8.88. The van der Waals surface area contributed by atoms with E-state index in [4.69, 9.17) is 9.84 Å². The van der Waals surface area contributed by atoms with Gasteiger partial charge in [0.15, 0.2) is 6.23 Å². The van der Waals surface area contributed by atoms with Gasteiger partial charge in [-0.3, -0.25) is 14.3 Å². The second-order valence-electron chi connectivity index (χ2n) is 3.28. The zero-order valence-electron chi connectivity index (χ0n) is 8.09. The van der Waals surface area contributed by atoms with Crippen LogP contribution in [0.3, 0.4) is 0 Å². The van der Waals surface area contributed by atoms with Gasteiger partial charge >= 0.3 is 5.69 Å². The molecule has 0 radical (unpaired) electrons. The molecular weight excluding hydrogens is 324 g/mol. The van der Waals surface area contributed by atoms with Crippen LogP contribution < -0.4 is 11.2 Å². The summed E-state index contributed by atoms with van der Waals surface area (Å²) in [5.41, 5.74) is -0.943. The number of aromatic nitrogens is 2. The third-order valence-electron chi connectivity index (χ3n) is 2.18.